The van der Waals surface area contributed by atoms with Crippen LogP contribution in [0.15, 0.2) is 59.5 Å². The van der Waals surface area contributed by atoms with Crippen molar-refractivity contribution in [3.63, 3.8) is 0 Å². The van der Waals surface area contributed by atoms with Crippen molar-refractivity contribution in [1.29, 1.82) is 0 Å². The highest BCUT2D eigenvalue weighted by molar-refractivity contribution is 7.89. The van der Waals surface area contributed by atoms with Crippen molar-refractivity contribution in [3.8, 4) is 0 Å². The summed E-state index contributed by atoms with van der Waals surface area (Å²) in [7, 11) is -2.38. The maximum Gasteiger partial charge on any atom is 0.330 e. The molecule has 7 nitrogen and oxygen atoms in total. The summed E-state index contributed by atoms with van der Waals surface area (Å²) in [5.74, 6) is -0.374. The summed E-state index contributed by atoms with van der Waals surface area (Å²) < 4.78 is 32.3. The number of methoxy groups -OCH3 is 1. The SMILES string of the molecule is COC(=O)C=Cc1ccc([C@@H]2CCCN2CCc2c(C)nn(S(=O)(=O)c3ccc(C)cc3)c2C)cc1. The van der Waals surface area contributed by atoms with Gasteiger partial charge in [-0.25, -0.2) is 4.79 Å². The third-order valence-corrected chi connectivity index (χ3v) is 8.57. The Morgan fingerprint density at radius 3 is 2.44 bits per heavy atom. The van der Waals surface area contributed by atoms with E-state index in [2.05, 4.69) is 26.9 Å². The van der Waals surface area contributed by atoms with Crippen LogP contribution in [0.25, 0.3) is 6.08 Å². The Morgan fingerprint density at radius 1 is 1.08 bits per heavy atom. The fourth-order valence-corrected chi connectivity index (χ4v) is 6.22. The molecule has 0 saturated carbocycles. The number of hydrogen-bond acceptors (Lipinski definition) is 6. The Labute approximate surface area is 213 Å². The highest BCUT2D eigenvalue weighted by Crippen LogP contribution is 2.32. The van der Waals surface area contributed by atoms with Gasteiger partial charge in [0.25, 0.3) is 10.0 Å². The van der Waals surface area contributed by atoms with Crippen molar-refractivity contribution in [2.75, 3.05) is 20.2 Å². The number of ether oxygens (including phenoxy) is 1. The van der Waals surface area contributed by atoms with E-state index in [1.54, 1.807) is 30.3 Å². The van der Waals surface area contributed by atoms with Crippen LogP contribution < -0.4 is 0 Å². The number of carbonyl (C=O) groups is 1. The van der Waals surface area contributed by atoms with Crippen LogP contribution in [0.2, 0.25) is 0 Å². The maximum atomic E-state index is 13.2. The molecule has 0 bridgehead atoms. The van der Waals surface area contributed by atoms with Gasteiger partial charge in [0.05, 0.1) is 23.4 Å². The summed E-state index contributed by atoms with van der Waals surface area (Å²) in [5, 5.41) is 4.42. The first-order valence-corrected chi connectivity index (χ1v) is 13.6. The van der Waals surface area contributed by atoms with E-state index in [4.69, 9.17) is 0 Å². The molecule has 4 rings (SSSR count). The average Bonchev–Trinajstić information content (AvgIpc) is 3.45. The molecular formula is C28H33N3O4S. The molecule has 1 fully saturated rings. The van der Waals surface area contributed by atoms with Gasteiger partial charge in [-0.15, -0.1) is 0 Å². The molecule has 0 unspecified atom stereocenters. The van der Waals surface area contributed by atoms with E-state index in [-0.39, 0.29) is 10.9 Å². The molecule has 2 aromatic carbocycles. The van der Waals surface area contributed by atoms with Crippen LogP contribution in [0.3, 0.4) is 0 Å². The van der Waals surface area contributed by atoms with Gasteiger partial charge in [-0.1, -0.05) is 42.0 Å². The van der Waals surface area contributed by atoms with Crippen LogP contribution in [0.5, 0.6) is 0 Å². The lowest BCUT2D eigenvalue weighted by Crippen LogP contribution is -2.26. The minimum Gasteiger partial charge on any atom is -0.466 e. The van der Waals surface area contributed by atoms with E-state index < -0.39 is 10.0 Å². The standard InChI is InChI=1S/C28H33N3O4S/c1-20-7-14-25(15-8-20)36(33,34)31-22(3)26(21(2)29-31)17-19-30-18-5-6-27(30)24-12-9-23(10-13-24)11-16-28(32)35-4/h7-16,27H,5-6,17-19H2,1-4H3/t27-/m0/s1. The highest BCUT2D eigenvalue weighted by atomic mass is 32.2. The summed E-state index contributed by atoms with van der Waals surface area (Å²) in [4.78, 5) is 14.0. The van der Waals surface area contributed by atoms with Crippen molar-refractivity contribution in [1.82, 2.24) is 14.1 Å². The fourth-order valence-electron chi connectivity index (χ4n) is 4.84. The van der Waals surface area contributed by atoms with E-state index in [1.807, 2.05) is 32.9 Å². The number of carbonyl (C=O) groups excluding carboxylic acids is 1. The number of benzene rings is 2. The van der Waals surface area contributed by atoms with E-state index >= 15 is 0 Å². The molecule has 36 heavy (non-hydrogen) atoms. The van der Waals surface area contributed by atoms with Crippen molar-refractivity contribution in [3.05, 3.63) is 88.2 Å². The number of hydrogen-bond donors (Lipinski definition) is 0. The second-order valence-electron chi connectivity index (χ2n) is 9.28. The van der Waals surface area contributed by atoms with Gasteiger partial charge in [0.15, 0.2) is 0 Å². The number of esters is 1. The summed E-state index contributed by atoms with van der Waals surface area (Å²) in [6.07, 6.45) is 6.10. The van der Waals surface area contributed by atoms with Gasteiger partial charge in [0.1, 0.15) is 0 Å². The van der Waals surface area contributed by atoms with Crippen molar-refractivity contribution in [2.24, 2.45) is 0 Å². The van der Waals surface area contributed by atoms with Crippen LogP contribution in [-0.2, 0) is 26.0 Å². The smallest absolute Gasteiger partial charge is 0.330 e. The van der Waals surface area contributed by atoms with Crippen molar-refractivity contribution in [2.45, 2.75) is 51.0 Å². The predicted molar refractivity (Wildman–Crippen MR) is 140 cm³/mol. The third-order valence-electron chi connectivity index (χ3n) is 6.89. The van der Waals surface area contributed by atoms with Crippen molar-refractivity contribution < 1.29 is 17.9 Å². The molecule has 2 heterocycles. The Balaban J connectivity index is 1.47. The minimum atomic E-state index is -3.74. The molecule has 0 radical (unpaired) electrons. The Kier molecular flexibility index (Phi) is 7.76. The molecule has 0 amide bonds. The van der Waals surface area contributed by atoms with Gasteiger partial charge in [0.2, 0.25) is 0 Å². The molecule has 0 N–H and O–H groups in total. The molecule has 1 aliphatic rings. The van der Waals surface area contributed by atoms with Gasteiger partial charge in [-0.2, -0.15) is 17.6 Å². The number of rotatable bonds is 8. The van der Waals surface area contributed by atoms with Crippen LogP contribution in [0.4, 0.5) is 0 Å². The zero-order valence-electron chi connectivity index (χ0n) is 21.3. The lowest BCUT2D eigenvalue weighted by molar-refractivity contribution is -0.134. The fraction of sp³-hybridized carbons (Fsp3) is 0.357. The third kappa shape index (κ3) is 5.44. The normalized spacial score (nSPS) is 16.6. The number of aryl methyl sites for hydroxylation is 2. The molecule has 0 aliphatic carbocycles. The van der Waals surface area contributed by atoms with Crippen LogP contribution in [0.1, 0.15) is 52.5 Å². The van der Waals surface area contributed by atoms with Crippen LogP contribution >= 0.6 is 0 Å². The Morgan fingerprint density at radius 2 is 1.78 bits per heavy atom. The molecule has 190 valence electrons. The second-order valence-corrected chi connectivity index (χ2v) is 11.0. The molecule has 1 aromatic heterocycles. The topological polar surface area (TPSA) is 81.5 Å². The Bertz CT molecular complexity index is 1360. The largest absolute Gasteiger partial charge is 0.466 e. The van der Waals surface area contributed by atoms with Gasteiger partial charge >= 0.3 is 5.97 Å². The molecule has 1 aliphatic heterocycles. The lowest BCUT2D eigenvalue weighted by atomic mass is 10.0. The van der Waals surface area contributed by atoms with E-state index in [0.717, 1.165) is 54.7 Å². The van der Waals surface area contributed by atoms with Crippen LogP contribution in [-0.4, -0.2) is 48.7 Å². The average molecular weight is 508 g/mol. The van der Waals surface area contributed by atoms with E-state index in [0.29, 0.717) is 11.7 Å². The zero-order valence-corrected chi connectivity index (χ0v) is 22.1. The number of aromatic nitrogens is 2. The van der Waals surface area contributed by atoms with E-state index in [1.165, 1.54) is 22.8 Å². The molecule has 8 heteroatoms. The van der Waals surface area contributed by atoms with Crippen LogP contribution in [0, 0.1) is 20.8 Å². The number of nitrogens with zero attached hydrogens (tertiary/aromatic N) is 3. The lowest BCUT2D eigenvalue weighted by Gasteiger charge is -2.25. The zero-order chi connectivity index (χ0) is 25.9. The summed E-state index contributed by atoms with van der Waals surface area (Å²) in [6, 6.07) is 15.4. The van der Waals surface area contributed by atoms with Gasteiger partial charge in [-0.05, 0) is 81.5 Å². The molecular weight excluding hydrogens is 474 g/mol. The quantitative estimate of drug-likeness (QED) is 0.327. The van der Waals surface area contributed by atoms with Gasteiger partial charge < -0.3 is 4.74 Å². The number of likely N-dealkylation sites (tertiary alicyclic amines) is 1. The van der Waals surface area contributed by atoms with Gasteiger partial charge in [0, 0.05) is 18.7 Å². The van der Waals surface area contributed by atoms with Crippen molar-refractivity contribution >= 4 is 22.1 Å². The molecule has 1 atom stereocenters. The summed E-state index contributed by atoms with van der Waals surface area (Å²) in [5.41, 5.74) is 5.61. The molecule has 0 spiro atoms. The first-order chi connectivity index (χ1) is 17.2. The summed E-state index contributed by atoms with van der Waals surface area (Å²) in [6.45, 7) is 7.48. The first-order valence-electron chi connectivity index (χ1n) is 12.2. The molecule has 1 saturated heterocycles. The summed E-state index contributed by atoms with van der Waals surface area (Å²) >= 11 is 0. The van der Waals surface area contributed by atoms with Gasteiger partial charge in [-0.3, -0.25) is 4.90 Å². The highest BCUT2D eigenvalue weighted by Gasteiger charge is 2.28. The first kappa shape index (κ1) is 25.9. The monoisotopic (exact) mass is 507 g/mol. The second kappa shape index (κ2) is 10.8. The predicted octanol–water partition coefficient (Wildman–Crippen LogP) is 4.61. The van der Waals surface area contributed by atoms with E-state index in [9.17, 15) is 13.2 Å². The molecule has 3 aromatic rings. The Hall–Kier alpha value is -3.23. The maximum absolute atomic E-state index is 13.2. The minimum absolute atomic E-state index is 0.245.